The standard InChI is InChI=1S/C35H26BrCl2N3O7/c1-47-26-13-8-18(14-24(26)42)28-20-11-12-21-27(22(20)15-34(37)32(45)40(16-36)33(46)35(28,34)38)31(44)41(30(21)43)19-9-6-17(7-10-19)29-39-23-4-2-3-5-25(23)48-29/h2-11,13-14,21-22,27-28,42H,12,15-16H2,1H3. The number of ether oxygens (including phenoxy) is 1. The molecule has 2 aliphatic carbocycles. The third-order valence-corrected chi connectivity index (χ3v) is 12.1. The summed E-state index contributed by atoms with van der Waals surface area (Å²) in [4.78, 5) is 58.9. The molecule has 1 saturated carbocycles. The minimum atomic E-state index is -1.97. The quantitative estimate of drug-likeness (QED) is 0.112. The zero-order valence-electron chi connectivity index (χ0n) is 25.2. The third kappa shape index (κ3) is 4.07. The van der Waals surface area contributed by atoms with Gasteiger partial charge in [0.1, 0.15) is 5.52 Å². The van der Waals surface area contributed by atoms with E-state index in [0.29, 0.717) is 39.4 Å². The van der Waals surface area contributed by atoms with Gasteiger partial charge in [-0.3, -0.25) is 29.0 Å². The molecule has 0 bridgehead atoms. The lowest BCUT2D eigenvalue weighted by Gasteiger charge is -2.50. The van der Waals surface area contributed by atoms with Crippen molar-refractivity contribution >= 4 is 79.5 Å². The van der Waals surface area contributed by atoms with Crippen molar-refractivity contribution in [1.29, 1.82) is 0 Å². The molecular formula is C35H26BrCl2N3O7. The van der Waals surface area contributed by atoms with E-state index in [9.17, 15) is 24.3 Å². The molecule has 1 aromatic heterocycles. The van der Waals surface area contributed by atoms with Crippen molar-refractivity contribution in [2.24, 2.45) is 17.8 Å². The van der Waals surface area contributed by atoms with Crippen molar-refractivity contribution in [3.63, 3.8) is 0 Å². The van der Waals surface area contributed by atoms with E-state index in [0.717, 1.165) is 4.90 Å². The van der Waals surface area contributed by atoms with Crippen LogP contribution in [0.3, 0.4) is 0 Å². The fraction of sp³-hybridized carbons (Fsp3) is 0.286. The van der Waals surface area contributed by atoms with Gasteiger partial charge in [-0.15, -0.1) is 23.2 Å². The lowest BCUT2D eigenvalue weighted by atomic mass is 9.56. The monoisotopic (exact) mass is 749 g/mol. The van der Waals surface area contributed by atoms with E-state index in [4.69, 9.17) is 32.4 Å². The highest BCUT2D eigenvalue weighted by Gasteiger charge is 2.76. The molecule has 3 heterocycles. The number of amides is 4. The van der Waals surface area contributed by atoms with E-state index in [2.05, 4.69) is 20.9 Å². The summed E-state index contributed by atoms with van der Waals surface area (Å²) in [5.74, 6) is -5.01. The number of aromatic hydroxyl groups is 1. The van der Waals surface area contributed by atoms with Gasteiger partial charge in [0.25, 0.3) is 11.8 Å². The van der Waals surface area contributed by atoms with Crippen LogP contribution in [0.2, 0.25) is 0 Å². The Kier molecular flexibility index (Phi) is 7.07. The van der Waals surface area contributed by atoms with Crippen molar-refractivity contribution < 1.29 is 33.4 Å². The molecule has 0 spiro atoms. The number of nitrogens with zero attached hydrogens (tertiary/aromatic N) is 3. The Morgan fingerprint density at radius 3 is 2.44 bits per heavy atom. The molecule has 6 atom stereocenters. The number of phenols is 1. The summed E-state index contributed by atoms with van der Waals surface area (Å²) in [6, 6.07) is 18.9. The lowest BCUT2D eigenvalue weighted by Crippen LogP contribution is -2.60. The van der Waals surface area contributed by atoms with Crippen LogP contribution >= 0.6 is 39.1 Å². The van der Waals surface area contributed by atoms with E-state index in [-0.39, 0.29) is 35.7 Å². The second kappa shape index (κ2) is 10.9. The molecule has 4 aliphatic rings. The number of benzene rings is 3. The maximum Gasteiger partial charge on any atom is 0.254 e. The lowest BCUT2D eigenvalue weighted by molar-refractivity contribution is -0.138. The molecule has 2 saturated heterocycles. The van der Waals surface area contributed by atoms with Crippen molar-refractivity contribution in [3.05, 3.63) is 83.9 Å². The van der Waals surface area contributed by atoms with Crippen LogP contribution in [0, 0.1) is 17.8 Å². The predicted octanol–water partition coefficient (Wildman–Crippen LogP) is 6.12. The highest BCUT2D eigenvalue weighted by molar-refractivity contribution is 9.09. The SMILES string of the molecule is COc1ccc(C2C3=CCC4C(=O)N(c5ccc(-c6nc7ccccc7o6)cc5)C(=O)C4C3CC3(Cl)C(=O)N(CBr)C(=O)C23Cl)cc1O. The average Bonchev–Trinajstić information content (AvgIpc) is 3.67. The van der Waals surface area contributed by atoms with E-state index >= 15 is 0 Å². The van der Waals surface area contributed by atoms with Gasteiger partial charge in [0.15, 0.2) is 26.8 Å². The van der Waals surface area contributed by atoms with Gasteiger partial charge < -0.3 is 14.3 Å². The molecule has 10 nitrogen and oxygen atoms in total. The number of halogens is 3. The largest absolute Gasteiger partial charge is 0.504 e. The summed E-state index contributed by atoms with van der Waals surface area (Å²) in [5, 5.41) is 10.7. The number of methoxy groups -OCH3 is 1. The van der Waals surface area contributed by atoms with Crippen LogP contribution in [0.4, 0.5) is 5.69 Å². The number of allylic oxidation sites excluding steroid dienone is 2. The number of para-hydroxylation sites is 2. The van der Waals surface area contributed by atoms with E-state index in [1.807, 2.05) is 30.3 Å². The summed E-state index contributed by atoms with van der Waals surface area (Å²) in [6.07, 6.45) is 1.92. The van der Waals surface area contributed by atoms with Crippen LogP contribution in [0.5, 0.6) is 11.5 Å². The average molecular weight is 751 g/mol. The van der Waals surface area contributed by atoms with Crippen LogP contribution in [0.15, 0.2) is 82.8 Å². The van der Waals surface area contributed by atoms with Gasteiger partial charge >= 0.3 is 0 Å². The molecule has 2 aliphatic heterocycles. The van der Waals surface area contributed by atoms with Gasteiger partial charge in [-0.1, -0.05) is 45.8 Å². The molecule has 244 valence electrons. The zero-order chi connectivity index (χ0) is 33.7. The van der Waals surface area contributed by atoms with Crippen LogP contribution in [0.1, 0.15) is 24.3 Å². The minimum Gasteiger partial charge on any atom is -0.504 e. The number of hydrogen-bond donors (Lipinski definition) is 1. The number of aromatic nitrogens is 1. The predicted molar refractivity (Wildman–Crippen MR) is 180 cm³/mol. The molecule has 0 radical (unpaired) electrons. The maximum atomic E-state index is 14.3. The van der Waals surface area contributed by atoms with Crippen molar-refractivity contribution in [1.82, 2.24) is 9.88 Å². The van der Waals surface area contributed by atoms with Crippen molar-refractivity contribution in [2.75, 3.05) is 17.5 Å². The molecule has 6 unspecified atom stereocenters. The normalized spacial score (nSPS) is 29.6. The second-order valence-electron chi connectivity index (χ2n) is 12.5. The Balaban J connectivity index is 1.19. The number of phenolic OH excluding ortho intramolecular Hbond substituents is 1. The molecule has 48 heavy (non-hydrogen) atoms. The first kappa shape index (κ1) is 31.1. The van der Waals surface area contributed by atoms with Gasteiger partial charge in [-0.05, 0) is 72.9 Å². The smallest absolute Gasteiger partial charge is 0.254 e. The number of rotatable bonds is 5. The van der Waals surface area contributed by atoms with E-state index in [1.165, 1.54) is 24.1 Å². The topological polar surface area (TPSA) is 130 Å². The summed E-state index contributed by atoms with van der Waals surface area (Å²) < 4.78 is 11.1. The Labute approximate surface area is 292 Å². The van der Waals surface area contributed by atoms with Crippen LogP contribution in [-0.2, 0) is 19.2 Å². The number of likely N-dealkylation sites (tertiary alicyclic amines) is 1. The van der Waals surface area contributed by atoms with Crippen LogP contribution in [0.25, 0.3) is 22.6 Å². The van der Waals surface area contributed by atoms with Gasteiger partial charge in [-0.25, -0.2) is 4.98 Å². The number of imide groups is 2. The van der Waals surface area contributed by atoms with Crippen LogP contribution in [-0.4, -0.2) is 60.9 Å². The van der Waals surface area contributed by atoms with Gasteiger partial charge in [0.05, 0.1) is 30.1 Å². The first-order valence-electron chi connectivity index (χ1n) is 15.2. The molecule has 4 amide bonds. The zero-order valence-corrected chi connectivity index (χ0v) is 28.3. The van der Waals surface area contributed by atoms with E-state index < -0.39 is 51.1 Å². The third-order valence-electron chi connectivity index (χ3n) is 10.2. The first-order chi connectivity index (χ1) is 23.0. The van der Waals surface area contributed by atoms with Crippen molar-refractivity contribution in [2.45, 2.75) is 28.5 Å². The highest BCUT2D eigenvalue weighted by atomic mass is 79.9. The van der Waals surface area contributed by atoms with Crippen LogP contribution < -0.4 is 9.64 Å². The summed E-state index contributed by atoms with van der Waals surface area (Å²) in [7, 11) is 1.41. The number of hydrogen-bond acceptors (Lipinski definition) is 8. The Hall–Kier alpha value is -4.19. The molecule has 3 fully saturated rings. The van der Waals surface area contributed by atoms with Gasteiger partial charge in [0, 0.05) is 11.5 Å². The summed E-state index contributed by atoms with van der Waals surface area (Å²) >= 11 is 17.8. The number of carbonyl (C=O) groups is 4. The molecule has 1 N–H and O–H groups in total. The van der Waals surface area contributed by atoms with Crippen molar-refractivity contribution in [3.8, 4) is 23.0 Å². The maximum absolute atomic E-state index is 14.3. The Morgan fingerprint density at radius 2 is 1.75 bits per heavy atom. The fourth-order valence-corrected chi connectivity index (χ4v) is 9.44. The Bertz CT molecular complexity index is 2070. The number of alkyl halides is 3. The Morgan fingerprint density at radius 1 is 1.00 bits per heavy atom. The van der Waals surface area contributed by atoms with Gasteiger partial charge in [0.2, 0.25) is 17.7 Å². The second-order valence-corrected chi connectivity index (χ2v) is 14.2. The minimum absolute atomic E-state index is 0.130. The molecule has 4 aromatic rings. The molecular weight excluding hydrogens is 725 g/mol. The highest BCUT2D eigenvalue weighted by Crippen LogP contribution is 2.65. The number of carbonyl (C=O) groups excluding carboxylic acids is 4. The number of anilines is 1. The molecule has 3 aromatic carbocycles. The number of fused-ring (bicyclic) bond motifs is 5. The molecule has 8 rings (SSSR count). The van der Waals surface area contributed by atoms with E-state index in [1.54, 1.807) is 30.3 Å². The number of oxazole rings is 1. The summed E-state index contributed by atoms with van der Waals surface area (Å²) in [6.45, 7) is 0. The molecule has 13 heteroatoms. The first-order valence-corrected chi connectivity index (χ1v) is 17.1. The van der Waals surface area contributed by atoms with Gasteiger partial charge in [-0.2, -0.15) is 0 Å². The summed E-state index contributed by atoms with van der Waals surface area (Å²) in [5.41, 5.74) is 3.33. The fourth-order valence-electron chi connectivity index (χ4n) is 8.02.